The predicted molar refractivity (Wildman–Crippen MR) is 107 cm³/mol. The van der Waals surface area contributed by atoms with Crippen LogP contribution in [0.1, 0.15) is 11.8 Å². The minimum atomic E-state index is -0.235. The van der Waals surface area contributed by atoms with E-state index in [0.717, 1.165) is 64.8 Å². The van der Waals surface area contributed by atoms with Gasteiger partial charge in [0.25, 0.3) is 0 Å². The number of rotatable bonds is 3. The minimum absolute atomic E-state index is 0.235. The zero-order chi connectivity index (χ0) is 18.3. The fourth-order valence-electron chi connectivity index (χ4n) is 3.54. The number of thiophene rings is 1. The van der Waals surface area contributed by atoms with Gasteiger partial charge < -0.3 is 9.80 Å². The quantitative estimate of drug-likeness (QED) is 0.612. The molecule has 3 heterocycles. The zero-order valence-electron chi connectivity index (χ0n) is 14.8. The van der Waals surface area contributed by atoms with Crippen LogP contribution in [0.4, 0.5) is 10.2 Å². The average molecular weight is 391 g/mol. The molecule has 136 valence electrons. The number of piperazine rings is 1. The molecule has 0 radical (unpaired) electrons. The van der Waals surface area contributed by atoms with Crippen molar-refractivity contribution in [2.45, 2.75) is 13.8 Å². The number of hydrogen-bond donors (Lipinski definition) is 0. The fourth-order valence-corrected chi connectivity index (χ4v) is 4.79. The second-order valence-electron chi connectivity index (χ2n) is 6.46. The first-order valence-electron chi connectivity index (χ1n) is 8.76. The molecule has 7 heteroatoms. The van der Waals surface area contributed by atoms with Gasteiger partial charge in [-0.2, -0.15) is 4.98 Å². The van der Waals surface area contributed by atoms with Crippen molar-refractivity contribution in [1.29, 1.82) is 0 Å². The summed E-state index contributed by atoms with van der Waals surface area (Å²) in [6, 6.07) is 6.62. The fraction of sp³-hybridized carbons (Fsp3) is 0.368. The van der Waals surface area contributed by atoms with E-state index in [9.17, 15) is 4.39 Å². The second kappa shape index (κ2) is 7.10. The first-order chi connectivity index (χ1) is 12.6. The Morgan fingerprint density at radius 1 is 1.12 bits per heavy atom. The lowest BCUT2D eigenvalue weighted by molar-refractivity contribution is 0.271. The van der Waals surface area contributed by atoms with Crippen molar-refractivity contribution in [1.82, 2.24) is 14.9 Å². The molecule has 26 heavy (non-hydrogen) atoms. The summed E-state index contributed by atoms with van der Waals surface area (Å²) in [4.78, 5) is 15.8. The highest BCUT2D eigenvalue weighted by Crippen LogP contribution is 2.42. The first kappa shape index (κ1) is 17.6. The van der Waals surface area contributed by atoms with Gasteiger partial charge in [-0.15, -0.1) is 11.3 Å². The van der Waals surface area contributed by atoms with Crippen molar-refractivity contribution >= 4 is 39.0 Å². The maximum atomic E-state index is 13.4. The molecule has 1 aliphatic heterocycles. The third kappa shape index (κ3) is 3.17. The van der Waals surface area contributed by atoms with Crippen LogP contribution in [0.25, 0.3) is 21.3 Å². The molecule has 0 aliphatic carbocycles. The largest absolute Gasteiger partial charge is 0.353 e. The summed E-state index contributed by atoms with van der Waals surface area (Å²) < 4.78 is 13.4. The Bertz CT molecular complexity index is 933. The molecule has 0 unspecified atom stereocenters. The number of fused-ring (bicyclic) bond motifs is 1. The third-order valence-corrected chi connectivity index (χ3v) is 6.10. The predicted octanol–water partition coefficient (Wildman–Crippen LogP) is 4.60. The lowest BCUT2D eigenvalue weighted by Crippen LogP contribution is -2.46. The van der Waals surface area contributed by atoms with E-state index in [1.54, 1.807) is 11.3 Å². The Kier molecular flexibility index (Phi) is 4.82. The summed E-state index contributed by atoms with van der Waals surface area (Å²) in [5.41, 5.74) is 2.06. The van der Waals surface area contributed by atoms with E-state index >= 15 is 0 Å². The lowest BCUT2D eigenvalue weighted by Gasteiger charge is -2.35. The summed E-state index contributed by atoms with van der Waals surface area (Å²) in [6.45, 7) is 9.15. The monoisotopic (exact) mass is 390 g/mol. The van der Waals surface area contributed by atoms with Crippen molar-refractivity contribution < 1.29 is 4.39 Å². The highest BCUT2D eigenvalue weighted by Gasteiger charge is 2.24. The maximum Gasteiger partial charge on any atom is 0.225 e. The molecular formula is C19H20ClFN4S. The Hall–Kier alpha value is -1.76. The van der Waals surface area contributed by atoms with Gasteiger partial charge in [0.15, 0.2) is 0 Å². The van der Waals surface area contributed by atoms with Crippen molar-refractivity contribution in [2.75, 3.05) is 37.6 Å². The number of aromatic nitrogens is 2. The number of aryl methyl sites for hydroxylation is 1. The third-order valence-electron chi connectivity index (χ3n) is 4.93. The number of halogens is 2. The normalized spacial score (nSPS) is 15.8. The van der Waals surface area contributed by atoms with Gasteiger partial charge in [0.1, 0.15) is 16.5 Å². The van der Waals surface area contributed by atoms with Crippen LogP contribution >= 0.6 is 22.9 Å². The van der Waals surface area contributed by atoms with Crippen molar-refractivity contribution in [3.63, 3.8) is 0 Å². The molecule has 2 aromatic heterocycles. The van der Waals surface area contributed by atoms with E-state index < -0.39 is 0 Å². The molecule has 0 N–H and O–H groups in total. The number of anilines is 1. The van der Waals surface area contributed by atoms with Crippen LogP contribution in [0.2, 0.25) is 5.28 Å². The van der Waals surface area contributed by atoms with E-state index in [1.165, 1.54) is 12.1 Å². The Morgan fingerprint density at radius 3 is 2.46 bits per heavy atom. The van der Waals surface area contributed by atoms with E-state index in [-0.39, 0.29) is 11.1 Å². The number of hydrogen-bond acceptors (Lipinski definition) is 5. The first-order valence-corrected chi connectivity index (χ1v) is 9.96. The number of benzene rings is 1. The SMILES string of the molecule is CCN1CCN(c2nc(Cl)nc3sc(C)c(-c4ccc(F)cc4)c23)CC1. The van der Waals surface area contributed by atoms with Gasteiger partial charge in [0.2, 0.25) is 5.28 Å². The summed E-state index contributed by atoms with van der Waals surface area (Å²) in [5.74, 6) is 0.653. The Morgan fingerprint density at radius 2 is 1.81 bits per heavy atom. The summed E-state index contributed by atoms with van der Waals surface area (Å²) in [7, 11) is 0. The molecular weight excluding hydrogens is 371 g/mol. The summed E-state index contributed by atoms with van der Waals surface area (Å²) in [6.07, 6.45) is 0. The van der Waals surface area contributed by atoms with Gasteiger partial charge in [0, 0.05) is 36.6 Å². The van der Waals surface area contributed by atoms with Gasteiger partial charge >= 0.3 is 0 Å². The van der Waals surface area contributed by atoms with E-state index in [0.29, 0.717) is 0 Å². The lowest BCUT2D eigenvalue weighted by atomic mass is 10.0. The molecule has 0 saturated carbocycles. The zero-order valence-corrected chi connectivity index (χ0v) is 16.4. The molecule has 0 spiro atoms. The van der Waals surface area contributed by atoms with Gasteiger partial charge in [-0.25, -0.2) is 9.37 Å². The molecule has 1 aromatic carbocycles. The molecule has 0 bridgehead atoms. The highest BCUT2D eigenvalue weighted by molar-refractivity contribution is 7.19. The molecule has 4 rings (SSSR count). The highest BCUT2D eigenvalue weighted by atomic mass is 35.5. The molecule has 4 nitrogen and oxygen atoms in total. The second-order valence-corrected chi connectivity index (χ2v) is 8.00. The molecule has 3 aromatic rings. The van der Waals surface area contributed by atoms with Crippen LogP contribution in [0.3, 0.4) is 0 Å². The van der Waals surface area contributed by atoms with E-state index in [1.807, 2.05) is 12.1 Å². The number of nitrogens with zero attached hydrogens (tertiary/aromatic N) is 4. The van der Waals surface area contributed by atoms with E-state index in [2.05, 4.69) is 33.6 Å². The van der Waals surface area contributed by atoms with Crippen LogP contribution in [-0.2, 0) is 0 Å². The summed E-state index contributed by atoms with van der Waals surface area (Å²) >= 11 is 7.83. The van der Waals surface area contributed by atoms with Gasteiger partial charge in [-0.05, 0) is 42.8 Å². The molecule has 1 aliphatic rings. The maximum absolute atomic E-state index is 13.4. The Balaban J connectivity index is 1.86. The van der Waals surface area contributed by atoms with Crippen LogP contribution < -0.4 is 4.90 Å². The van der Waals surface area contributed by atoms with E-state index in [4.69, 9.17) is 11.6 Å². The topological polar surface area (TPSA) is 32.3 Å². The van der Waals surface area contributed by atoms with Gasteiger partial charge in [0.05, 0.1) is 5.39 Å². The van der Waals surface area contributed by atoms with Crippen LogP contribution in [-0.4, -0.2) is 47.6 Å². The smallest absolute Gasteiger partial charge is 0.225 e. The van der Waals surface area contributed by atoms with Crippen molar-refractivity contribution in [3.8, 4) is 11.1 Å². The summed E-state index contributed by atoms with van der Waals surface area (Å²) in [5, 5.41) is 1.30. The molecule has 0 amide bonds. The van der Waals surface area contributed by atoms with Crippen LogP contribution in [0.5, 0.6) is 0 Å². The molecule has 1 fully saturated rings. The standard InChI is InChI=1S/C19H20ClFN4S/c1-3-24-8-10-25(11-9-24)17-16-15(13-4-6-14(21)7-5-13)12(2)26-18(16)23-19(20)22-17/h4-7H,3,8-11H2,1-2H3. The number of likely N-dealkylation sites (N-methyl/N-ethyl adjacent to an activating group) is 1. The van der Waals surface area contributed by atoms with Crippen molar-refractivity contribution in [3.05, 3.63) is 40.2 Å². The van der Waals surface area contributed by atoms with Crippen molar-refractivity contribution in [2.24, 2.45) is 0 Å². The van der Waals surface area contributed by atoms with Gasteiger partial charge in [-0.3, -0.25) is 0 Å². The molecule has 0 atom stereocenters. The molecule has 1 saturated heterocycles. The van der Waals surface area contributed by atoms with Crippen LogP contribution in [0, 0.1) is 12.7 Å². The Labute approximate surface area is 161 Å². The average Bonchev–Trinajstić information content (AvgIpc) is 2.97. The minimum Gasteiger partial charge on any atom is -0.353 e. The van der Waals surface area contributed by atoms with Gasteiger partial charge in [-0.1, -0.05) is 19.1 Å². The van der Waals surface area contributed by atoms with Crippen LogP contribution in [0.15, 0.2) is 24.3 Å².